The van der Waals surface area contributed by atoms with Gasteiger partial charge in [0.1, 0.15) is 5.54 Å². The third-order valence-electron chi connectivity index (χ3n) is 3.30. The van der Waals surface area contributed by atoms with Crippen molar-refractivity contribution in [3.8, 4) is 0 Å². The molecule has 1 amide bonds. The highest BCUT2D eigenvalue weighted by atomic mass is 79.9. The molecule has 0 aliphatic carbocycles. The lowest BCUT2D eigenvalue weighted by atomic mass is 9.90. The molecule has 4 N–H and O–H groups in total. The molecule has 1 fully saturated rings. The first-order valence-corrected chi connectivity index (χ1v) is 6.93. The predicted molar refractivity (Wildman–Crippen MR) is 76.7 cm³/mol. The Balaban J connectivity index is 2.21. The number of benzene rings is 1. The third-order valence-corrected chi connectivity index (χ3v) is 3.79. The minimum absolute atomic E-state index is 0.0170. The number of aromatic carboxylic acids is 1. The van der Waals surface area contributed by atoms with Crippen molar-refractivity contribution in [1.82, 2.24) is 0 Å². The van der Waals surface area contributed by atoms with Crippen LogP contribution in [0.4, 0.5) is 5.69 Å². The molecule has 0 radical (unpaired) electrons. The number of halogens is 1. The van der Waals surface area contributed by atoms with Gasteiger partial charge in [0.05, 0.1) is 11.3 Å². The van der Waals surface area contributed by atoms with Crippen LogP contribution in [0.15, 0.2) is 22.7 Å². The Morgan fingerprint density at radius 1 is 1.35 bits per heavy atom. The van der Waals surface area contributed by atoms with Gasteiger partial charge in [-0.15, -0.1) is 0 Å². The highest BCUT2D eigenvalue weighted by Gasteiger charge is 2.36. The van der Waals surface area contributed by atoms with E-state index in [-0.39, 0.29) is 17.2 Å². The first kappa shape index (κ1) is 15.0. The normalized spacial score (nSPS) is 17.5. The average molecular weight is 343 g/mol. The molecule has 1 aliphatic rings. The molecule has 0 aromatic heterocycles. The zero-order valence-corrected chi connectivity index (χ0v) is 12.3. The number of hydrogen-bond donors (Lipinski definition) is 3. The summed E-state index contributed by atoms with van der Waals surface area (Å²) in [5.74, 6) is -1.50. The van der Waals surface area contributed by atoms with Crippen LogP contribution in [0.25, 0.3) is 0 Å². The van der Waals surface area contributed by atoms with E-state index in [1.54, 1.807) is 6.07 Å². The number of nitrogens with one attached hydrogen (secondary N) is 1. The van der Waals surface area contributed by atoms with Gasteiger partial charge in [0.25, 0.3) is 0 Å². The molecule has 1 aromatic carbocycles. The van der Waals surface area contributed by atoms with Crippen LogP contribution < -0.4 is 11.1 Å². The number of anilines is 1. The number of amides is 1. The second kappa shape index (κ2) is 5.90. The van der Waals surface area contributed by atoms with Gasteiger partial charge in [-0.05, 0) is 31.0 Å². The molecule has 7 heteroatoms. The standard InChI is InChI=1S/C13H15BrN2O4/c14-8-1-2-10(9(7-8)11(17)18)16-12(19)13(15)3-5-20-6-4-13/h1-2,7H,3-6,15H2,(H,16,19)(H,17,18). The molecule has 108 valence electrons. The van der Waals surface area contributed by atoms with Crippen molar-refractivity contribution in [2.45, 2.75) is 18.4 Å². The first-order chi connectivity index (χ1) is 9.42. The summed E-state index contributed by atoms with van der Waals surface area (Å²) in [4.78, 5) is 23.4. The van der Waals surface area contributed by atoms with Crippen molar-refractivity contribution in [3.63, 3.8) is 0 Å². The molecule has 0 unspecified atom stereocenters. The van der Waals surface area contributed by atoms with Crippen LogP contribution >= 0.6 is 15.9 Å². The van der Waals surface area contributed by atoms with Crippen LogP contribution in [0.5, 0.6) is 0 Å². The van der Waals surface area contributed by atoms with Crippen molar-refractivity contribution in [2.75, 3.05) is 18.5 Å². The number of rotatable bonds is 3. The second-order valence-electron chi connectivity index (χ2n) is 4.72. The van der Waals surface area contributed by atoms with E-state index in [0.29, 0.717) is 30.5 Å². The van der Waals surface area contributed by atoms with Crippen LogP contribution in [0.2, 0.25) is 0 Å². The molecule has 1 heterocycles. The van der Waals surface area contributed by atoms with Crippen LogP contribution in [-0.2, 0) is 9.53 Å². The zero-order valence-electron chi connectivity index (χ0n) is 10.7. The van der Waals surface area contributed by atoms with Crippen LogP contribution in [0.3, 0.4) is 0 Å². The molecule has 20 heavy (non-hydrogen) atoms. The fourth-order valence-electron chi connectivity index (χ4n) is 2.01. The average Bonchev–Trinajstić information content (AvgIpc) is 2.41. The Hall–Kier alpha value is -1.44. The largest absolute Gasteiger partial charge is 0.478 e. The quantitative estimate of drug-likeness (QED) is 0.774. The SMILES string of the molecule is NC1(C(=O)Nc2ccc(Br)cc2C(=O)O)CCOCC1. The van der Waals surface area contributed by atoms with Crippen molar-refractivity contribution < 1.29 is 19.4 Å². The minimum Gasteiger partial charge on any atom is -0.478 e. The van der Waals surface area contributed by atoms with E-state index >= 15 is 0 Å². The minimum atomic E-state index is -1.11. The molecule has 1 aliphatic heterocycles. The summed E-state index contributed by atoms with van der Waals surface area (Å²) in [6.45, 7) is 0.853. The lowest BCUT2D eigenvalue weighted by molar-refractivity contribution is -0.124. The van der Waals surface area contributed by atoms with Crippen molar-refractivity contribution >= 4 is 33.5 Å². The lowest BCUT2D eigenvalue weighted by Gasteiger charge is -2.31. The topological polar surface area (TPSA) is 102 Å². The van der Waals surface area contributed by atoms with Crippen LogP contribution in [0.1, 0.15) is 23.2 Å². The molecular weight excluding hydrogens is 328 g/mol. The molecule has 0 atom stereocenters. The number of carboxylic acids is 1. The predicted octanol–water partition coefficient (Wildman–Crippen LogP) is 1.59. The highest BCUT2D eigenvalue weighted by Crippen LogP contribution is 2.24. The van der Waals surface area contributed by atoms with Gasteiger partial charge in [0, 0.05) is 17.7 Å². The maximum absolute atomic E-state index is 12.3. The first-order valence-electron chi connectivity index (χ1n) is 6.13. The van der Waals surface area contributed by atoms with Gasteiger partial charge < -0.3 is 20.9 Å². The van der Waals surface area contributed by atoms with Gasteiger partial charge in [-0.3, -0.25) is 4.79 Å². The zero-order chi connectivity index (χ0) is 14.8. The molecule has 0 bridgehead atoms. The van der Waals surface area contributed by atoms with Gasteiger partial charge in [-0.2, -0.15) is 0 Å². The van der Waals surface area contributed by atoms with E-state index in [9.17, 15) is 9.59 Å². The van der Waals surface area contributed by atoms with Gasteiger partial charge in [-0.1, -0.05) is 15.9 Å². The molecule has 1 aromatic rings. The maximum atomic E-state index is 12.3. The summed E-state index contributed by atoms with van der Waals surface area (Å²) in [6.07, 6.45) is 0.829. The number of hydrogen-bond acceptors (Lipinski definition) is 4. The summed E-state index contributed by atoms with van der Waals surface area (Å²) in [6, 6.07) is 4.63. The van der Waals surface area contributed by atoms with E-state index in [1.807, 2.05) is 0 Å². The smallest absolute Gasteiger partial charge is 0.337 e. The van der Waals surface area contributed by atoms with Gasteiger partial charge in [0.15, 0.2) is 0 Å². The number of carbonyl (C=O) groups is 2. The van der Waals surface area contributed by atoms with E-state index in [2.05, 4.69) is 21.2 Å². The molecule has 0 spiro atoms. The number of ether oxygens (including phenoxy) is 1. The van der Waals surface area contributed by atoms with Gasteiger partial charge in [0.2, 0.25) is 5.91 Å². The summed E-state index contributed by atoms with van der Waals surface area (Å²) >= 11 is 3.20. The van der Waals surface area contributed by atoms with E-state index in [1.165, 1.54) is 12.1 Å². The molecule has 6 nitrogen and oxygen atoms in total. The van der Waals surface area contributed by atoms with Gasteiger partial charge >= 0.3 is 5.97 Å². The molecule has 1 saturated heterocycles. The van der Waals surface area contributed by atoms with Crippen molar-refractivity contribution in [3.05, 3.63) is 28.2 Å². The van der Waals surface area contributed by atoms with E-state index < -0.39 is 11.5 Å². The van der Waals surface area contributed by atoms with Crippen molar-refractivity contribution in [2.24, 2.45) is 5.73 Å². The number of carboxylic acid groups (broad SMARTS) is 1. The Morgan fingerprint density at radius 3 is 2.60 bits per heavy atom. The second-order valence-corrected chi connectivity index (χ2v) is 5.63. The Labute approximate surface area is 124 Å². The summed E-state index contributed by atoms with van der Waals surface area (Å²) in [7, 11) is 0. The Morgan fingerprint density at radius 2 is 2.00 bits per heavy atom. The highest BCUT2D eigenvalue weighted by molar-refractivity contribution is 9.10. The summed E-state index contributed by atoms with van der Waals surface area (Å²) in [5, 5.41) is 11.8. The Kier molecular flexibility index (Phi) is 4.42. The van der Waals surface area contributed by atoms with E-state index in [0.717, 1.165) is 0 Å². The maximum Gasteiger partial charge on any atom is 0.337 e. The van der Waals surface area contributed by atoms with Crippen molar-refractivity contribution in [1.29, 1.82) is 0 Å². The fourth-order valence-corrected chi connectivity index (χ4v) is 2.37. The number of carbonyl (C=O) groups excluding carboxylic acids is 1. The monoisotopic (exact) mass is 342 g/mol. The van der Waals surface area contributed by atoms with Crippen LogP contribution in [-0.4, -0.2) is 35.7 Å². The molecule has 0 saturated carbocycles. The lowest BCUT2D eigenvalue weighted by Crippen LogP contribution is -2.54. The molecule has 2 rings (SSSR count). The fraction of sp³-hybridized carbons (Fsp3) is 0.385. The Bertz CT molecular complexity index is 541. The van der Waals surface area contributed by atoms with E-state index in [4.69, 9.17) is 15.6 Å². The van der Waals surface area contributed by atoms with Crippen LogP contribution in [0, 0.1) is 0 Å². The third kappa shape index (κ3) is 3.17. The number of nitrogens with two attached hydrogens (primary N) is 1. The summed E-state index contributed by atoms with van der Waals surface area (Å²) in [5.41, 5.74) is 5.30. The molecular formula is C13H15BrN2O4. The summed E-state index contributed by atoms with van der Waals surface area (Å²) < 4.78 is 5.81. The van der Waals surface area contributed by atoms with Gasteiger partial charge in [-0.25, -0.2) is 4.79 Å².